The van der Waals surface area contributed by atoms with Crippen molar-refractivity contribution >= 4 is 40.0 Å². The summed E-state index contributed by atoms with van der Waals surface area (Å²) in [6, 6.07) is 14.5. The van der Waals surface area contributed by atoms with Crippen molar-refractivity contribution in [2.45, 2.75) is 45.2 Å². The summed E-state index contributed by atoms with van der Waals surface area (Å²) in [5.41, 5.74) is 1.87. The first-order valence-corrected chi connectivity index (χ1v) is 11.6. The molecular weight excluding hydrogens is 527 g/mol. The molecule has 0 aromatic heterocycles. The molecule has 7 nitrogen and oxygen atoms in total. The van der Waals surface area contributed by atoms with Crippen molar-refractivity contribution in [3.8, 4) is 5.75 Å². The van der Waals surface area contributed by atoms with Crippen molar-refractivity contribution in [1.82, 2.24) is 10.6 Å². The van der Waals surface area contributed by atoms with Gasteiger partial charge >= 0.3 is 0 Å². The third-order valence-electron chi connectivity index (χ3n) is 4.31. The molecule has 2 aromatic rings. The normalized spacial score (nSPS) is 12.8. The van der Waals surface area contributed by atoms with Gasteiger partial charge in [-0.15, -0.1) is 24.0 Å². The lowest BCUT2D eigenvalue weighted by atomic mass is 10.1. The van der Waals surface area contributed by atoms with Crippen LogP contribution in [-0.2, 0) is 16.6 Å². The van der Waals surface area contributed by atoms with Gasteiger partial charge < -0.3 is 15.4 Å². The summed E-state index contributed by atoms with van der Waals surface area (Å²) in [6.07, 6.45) is 0. The number of benzene rings is 2. The highest BCUT2D eigenvalue weighted by molar-refractivity contribution is 14.0. The van der Waals surface area contributed by atoms with Gasteiger partial charge in [-0.2, -0.15) is 0 Å². The summed E-state index contributed by atoms with van der Waals surface area (Å²) < 4.78 is 28.8. The van der Waals surface area contributed by atoms with Crippen LogP contribution in [-0.4, -0.2) is 27.5 Å². The van der Waals surface area contributed by atoms with Crippen molar-refractivity contribution in [3.63, 3.8) is 0 Å². The number of nitrogens with zero attached hydrogens (tertiary/aromatic N) is 1. The maximum Gasteiger partial charge on any atom is 0.238 e. The van der Waals surface area contributed by atoms with Gasteiger partial charge in [-0.05, 0) is 55.2 Å². The summed E-state index contributed by atoms with van der Waals surface area (Å²) in [6.45, 7) is 10.0. The minimum Gasteiger partial charge on any atom is -0.493 e. The van der Waals surface area contributed by atoms with E-state index >= 15 is 0 Å². The minimum atomic E-state index is -3.73. The summed E-state index contributed by atoms with van der Waals surface area (Å²) in [5.74, 6) is 1.98. The van der Waals surface area contributed by atoms with E-state index in [2.05, 4.69) is 36.4 Å². The van der Waals surface area contributed by atoms with Crippen LogP contribution in [0.15, 0.2) is 58.4 Å². The average Bonchev–Trinajstić information content (AvgIpc) is 2.70. The van der Waals surface area contributed by atoms with E-state index in [1.807, 2.05) is 37.3 Å². The summed E-state index contributed by atoms with van der Waals surface area (Å²) in [5, 5.41) is 11.8. The van der Waals surface area contributed by atoms with Gasteiger partial charge in [0.05, 0.1) is 24.1 Å². The van der Waals surface area contributed by atoms with E-state index in [1.165, 1.54) is 6.07 Å². The van der Waals surface area contributed by atoms with Crippen molar-refractivity contribution in [1.29, 1.82) is 0 Å². The van der Waals surface area contributed by atoms with Gasteiger partial charge in [0.25, 0.3) is 0 Å². The standard InChI is InChI=1S/C22H32N4O3S.HI/c1-5-24-22(25-14-18-7-6-8-21(13-18)30(23,27)28)26-17(4)19-9-11-20(12-10-19)29-15-16(2)3;/h6-13,16-17H,5,14-15H2,1-4H3,(H2,23,27,28)(H2,24,25,26);1H. The van der Waals surface area contributed by atoms with Crippen LogP contribution in [0.3, 0.4) is 0 Å². The van der Waals surface area contributed by atoms with E-state index in [0.29, 0.717) is 31.6 Å². The third-order valence-corrected chi connectivity index (χ3v) is 5.22. The Balaban J connectivity index is 0.00000480. The molecule has 0 amide bonds. The van der Waals surface area contributed by atoms with Gasteiger partial charge in [0, 0.05) is 6.54 Å². The minimum absolute atomic E-state index is 0. The van der Waals surface area contributed by atoms with E-state index in [4.69, 9.17) is 9.88 Å². The van der Waals surface area contributed by atoms with E-state index in [9.17, 15) is 8.42 Å². The smallest absolute Gasteiger partial charge is 0.238 e. The molecule has 9 heteroatoms. The van der Waals surface area contributed by atoms with Gasteiger partial charge in [0.15, 0.2) is 5.96 Å². The van der Waals surface area contributed by atoms with Crippen molar-refractivity contribution in [3.05, 3.63) is 59.7 Å². The fraction of sp³-hybridized carbons (Fsp3) is 0.409. The zero-order valence-corrected chi connectivity index (χ0v) is 21.6. The molecule has 0 aliphatic carbocycles. The van der Waals surface area contributed by atoms with Crippen molar-refractivity contribution < 1.29 is 13.2 Å². The second kappa shape index (κ2) is 12.9. The molecule has 2 aromatic carbocycles. The van der Waals surface area contributed by atoms with Crippen LogP contribution >= 0.6 is 24.0 Å². The quantitative estimate of drug-likeness (QED) is 0.246. The predicted octanol–water partition coefficient (Wildman–Crippen LogP) is 3.80. The zero-order chi connectivity index (χ0) is 22.1. The summed E-state index contributed by atoms with van der Waals surface area (Å²) in [7, 11) is -3.73. The Labute approximate surface area is 202 Å². The van der Waals surface area contributed by atoms with Crippen LogP contribution in [0.2, 0.25) is 0 Å². The third kappa shape index (κ3) is 9.44. The van der Waals surface area contributed by atoms with Gasteiger partial charge in [0.1, 0.15) is 5.75 Å². The lowest BCUT2D eigenvalue weighted by Gasteiger charge is -2.19. The number of sulfonamides is 1. The number of primary sulfonamides is 1. The zero-order valence-electron chi connectivity index (χ0n) is 18.5. The van der Waals surface area contributed by atoms with Crippen LogP contribution < -0.4 is 20.5 Å². The molecule has 0 saturated heterocycles. The molecule has 0 radical (unpaired) electrons. The monoisotopic (exact) mass is 560 g/mol. The first-order valence-electron chi connectivity index (χ1n) is 10.1. The Hall–Kier alpha value is -1.85. The van der Waals surface area contributed by atoms with Crippen molar-refractivity contribution in [2.24, 2.45) is 16.0 Å². The van der Waals surface area contributed by atoms with Crippen LogP contribution in [0.1, 0.15) is 44.9 Å². The number of guanidine groups is 1. The number of ether oxygens (including phenoxy) is 1. The maximum absolute atomic E-state index is 11.5. The molecule has 0 saturated carbocycles. The molecule has 0 fully saturated rings. The van der Waals surface area contributed by atoms with E-state index < -0.39 is 10.0 Å². The van der Waals surface area contributed by atoms with Crippen LogP contribution in [0.4, 0.5) is 0 Å². The molecule has 0 aliphatic rings. The molecule has 0 aliphatic heterocycles. The van der Waals surface area contributed by atoms with Crippen LogP contribution in [0, 0.1) is 5.92 Å². The summed E-state index contributed by atoms with van der Waals surface area (Å²) >= 11 is 0. The highest BCUT2D eigenvalue weighted by atomic mass is 127. The number of hydrogen-bond donors (Lipinski definition) is 3. The highest BCUT2D eigenvalue weighted by Crippen LogP contribution is 2.18. The fourth-order valence-corrected chi connectivity index (χ4v) is 3.30. The average molecular weight is 561 g/mol. The second-order valence-corrected chi connectivity index (χ2v) is 9.09. The summed E-state index contributed by atoms with van der Waals surface area (Å²) in [4.78, 5) is 4.66. The Kier molecular flexibility index (Phi) is 11.3. The number of rotatable bonds is 9. The first-order chi connectivity index (χ1) is 14.2. The van der Waals surface area contributed by atoms with Crippen LogP contribution in [0.5, 0.6) is 5.75 Å². The Bertz CT molecular complexity index is 947. The first kappa shape index (κ1) is 27.2. The fourth-order valence-electron chi connectivity index (χ4n) is 2.72. The maximum atomic E-state index is 11.5. The number of hydrogen-bond acceptors (Lipinski definition) is 4. The Morgan fingerprint density at radius 2 is 1.81 bits per heavy atom. The molecule has 0 heterocycles. The van der Waals surface area contributed by atoms with E-state index in [-0.39, 0.29) is 34.9 Å². The topological polar surface area (TPSA) is 106 Å². The largest absolute Gasteiger partial charge is 0.493 e. The van der Waals surface area contributed by atoms with Gasteiger partial charge in [-0.25, -0.2) is 18.5 Å². The van der Waals surface area contributed by atoms with Crippen LogP contribution in [0.25, 0.3) is 0 Å². The molecular formula is C22H33IN4O3S. The van der Waals surface area contributed by atoms with E-state index in [1.54, 1.807) is 12.1 Å². The number of nitrogens with one attached hydrogen (secondary N) is 2. The Morgan fingerprint density at radius 3 is 2.39 bits per heavy atom. The van der Waals surface area contributed by atoms with Gasteiger partial charge in [-0.1, -0.05) is 38.1 Å². The molecule has 0 spiro atoms. The van der Waals surface area contributed by atoms with E-state index in [0.717, 1.165) is 16.9 Å². The molecule has 1 unspecified atom stereocenters. The lowest BCUT2D eigenvalue weighted by molar-refractivity contribution is 0.271. The molecule has 0 bridgehead atoms. The number of halogens is 1. The number of nitrogens with two attached hydrogens (primary N) is 1. The van der Waals surface area contributed by atoms with Gasteiger partial charge in [0.2, 0.25) is 10.0 Å². The van der Waals surface area contributed by atoms with Crippen molar-refractivity contribution in [2.75, 3.05) is 13.2 Å². The SMILES string of the molecule is CCNC(=NCc1cccc(S(N)(=O)=O)c1)NC(C)c1ccc(OCC(C)C)cc1.I. The molecule has 1 atom stereocenters. The second-order valence-electron chi connectivity index (χ2n) is 7.53. The lowest BCUT2D eigenvalue weighted by Crippen LogP contribution is -2.38. The molecule has 4 N–H and O–H groups in total. The van der Waals surface area contributed by atoms with Gasteiger partial charge in [-0.3, -0.25) is 0 Å². The number of aliphatic imine (C=N–C) groups is 1. The predicted molar refractivity (Wildman–Crippen MR) is 136 cm³/mol. The molecule has 31 heavy (non-hydrogen) atoms. The Morgan fingerprint density at radius 1 is 1.13 bits per heavy atom. The highest BCUT2D eigenvalue weighted by Gasteiger charge is 2.10. The molecule has 2 rings (SSSR count). The molecule has 172 valence electrons.